The van der Waals surface area contributed by atoms with Gasteiger partial charge in [-0.2, -0.15) is 5.26 Å². The molecule has 0 radical (unpaired) electrons. The molecule has 1 aromatic heterocycles. The second-order valence-electron chi connectivity index (χ2n) is 9.63. The minimum atomic E-state index is -0.105. The van der Waals surface area contributed by atoms with E-state index in [0.29, 0.717) is 5.56 Å². The Morgan fingerprint density at radius 3 is 1.92 bits per heavy atom. The number of aromatic nitrogens is 1. The van der Waals surface area contributed by atoms with Crippen molar-refractivity contribution in [2.45, 2.75) is 19.3 Å². The van der Waals surface area contributed by atoms with E-state index in [1.165, 1.54) is 22.5 Å². The summed E-state index contributed by atoms with van der Waals surface area (Å²) >= 11 is 0. The Balaban J connectivity index is 1.57. The largest absolute Gasteiger partial charge is 0.309 e. The van der Waals surface area contributed by atoms with Crippen LogP contribution in [0, 0.1) is 11.3 Å². The van der Waals surface area contributed by atoms with Gasteiger partial charge in [0.2, 0.25) is 0 Å². The third-order valence-corrected chi connectivity index (χ3v) is 7.21. The molecule has 172 valence electrons. The molecule has 0 fully saturated rings. The lowest BCUT2D eigenvalue weighted by Crippen LogP contribution is -2.30. The van der Waals surface area contributed by atoms with E-state index in [-0.39, 0.29) is 5.41 Å². The Morgan fingerprint density at radius 2 is 1.25 bits per heavy atom. The molecule has 2 heterocycles. The third kappa shape index (κ3) is 3.39. The molecule has 0 unspecified atom stereocenters. The zero-order valence-corrected chi connectivity index (χ0v) is 20.3. The van der Waals surface area contributed by atoms with Crippen LogP contribution in [-0.4, -0.2) is 4.98 Å². The number of pyridine rings is 1. The predicted octanol–water partition coefficient (Wildman–Crippen LogP) is 8.40. The SMILES string of the molecule is CC1(C)c2ccccc2N(c2ccccc2-c2cccc(-c3cnccc3C#N)c2)c2ccccc21. The van der Waals surface area contributed by atoms with Gasteiger partial charge in [-0.15, -0.1) is 0 Å². The van der Waals surface area contributed by atoms with Gasteiger partial charge in [0, 0.05) is 28.9 Å². The van der Waals surface area contributed by atoms with Crippen molar-refractivity contribution in [2.75, 3.05) is 4.90 Å². The molecule has 0 spiro atoms. The van der Waals surface area contributed by atoms with Gasteiger partial charge in [0.1, 0.15) is 0 Å². The maximum atomic E-state index is 9.62. The first kappa shape index (κ1) is 21.8. The van der Waals surface area contributed by atoms with Crippen molar-refractivity contribution in [3.63, 3.8) is 0 Å². The van der Waals surface area contributed by atoms with E-state index in [2.05, 4.69) is 121 Å². The molecule has 5 aromatic rings. The standard InChI is InChI=1S/C33H25N3/c1-33(2)28-13-4-7-16-31(28)36(32-17-8-5-14-29(32)33)30-15-6-3-12-26(30)23-10-9-11-24(20-23)27-22-35-19-18-25(27)21-34/h3-20,22H,1-2H3. The minimum absolute atomic E-state index is 0.105. The van der Waals surface area contributed by atoms with Gasteiger partial charge < -0.3 is 4.90 Å². The number of benzene rings is 4. The van der Waals surface area contributed by atoms with Crippen molar-refractivity contribution in [2.24, 2.45) is 0 Å². The van der Waals surface area contributed by atoms with Crippen molar-refractivity contribution in [1.82, 2.24) is 4.98 Å². The van der Waals surface area contributed by atoms with Gasteiger partial charge in [0.15, 0.2) is 0 Å². The van der Waals surface area contributed by atoms with E-state index in [1.807, 2.05) is 6.07 Å². The van der Waals surface area contributed by atoms with Crippen LogP contribution in [0.5, 0.6) is 0 Å². The number of anilines is 3. The Labute approximate surface area is 211 Å². The van der Waals surface area contributed by atoms with Gasteiger partial charge in [-0.3, -0.25) is 4.98 Å². The van der Waals surface area contributed by atoms with Gasteiger partial charge >= 0.3 is 0 Å². The van der Waals surface area contributed by atoms with Crippen LogP contribution in [0.4, 0.5) is 17.1 Å². The van der Waals surface area contributed by atoms with Gasteiger partial charge in [0.05, 0.1) is 28.7 Å². The summed E-state index contributed by atoms with van der Waals surface area (Å²) in [6.07, 6.45) is 3.43. The molecule has 6 rings (SSSR count). The molecule has 4 aromatic carbocycles. The van der Waals surface area contributed by atoms with Crippen LogP contribution in [0.1, 0.15) is 30.5 Å². The fraction of sp³-hybridized carbons (Fsp3) is 0.0909. The van der Waals surface area contributed by atoms with Crippen molar-refractivity contribution in [1.29, 1.82) is 5.26 Å². The molecule has 0 atom stereocenters. The highest BCUT2D eigenvalue weighted by Crippen LogP contribution is 2.53. The Kier molecular flexibility index (Phi) is 5.16. The molecule has 0 bridgehead atoms. The zero-order valence-electron chi connectivity index (χ0n) is 20.3. The van der Waals surface area contributed by atoms with Crippen LogP contribution in [0.2, 0.25) is 0 Å². The first-order valence-corrected chi connectivity index (χ1v) is 12.1. The topological polar surface area (TPSA) is 39.9 Å². The van der Waals surface area contributed by atoms with Crippen molar-refractivity contribution < 1.29 is 0 Å². The van der Waals surface area contributed by atoms with Crippen LogP contribution >= 0.6 is 0 Å². The van der Waals surface area contributed by atoms with Crippen LogP contribution in [0.15, 0.2) is 116 Å². The summed E-state index contributed by atoms with van der Waals surface area (Å²) in [5.41, 5.74) is 10.7. The van der Waals surface area contributed by atoms with E-state index < -0.39 is 0 Å². The van der Waals surface area contributed by atoms with Gasteiger partial charge in [0.25, 0.3) is 0 Å². The molecule has 0 N–H and O–H groups in total. The highest BCUT2D eigenvalue weighted by atomic mass is 15.2. The van der Waals surface area contributed by atoms with Crippen molar-refractivity contribution in [3.05, 3.63) is 132 Å². The number of para-hydroxylation sites is 3. The lowest BCUT2D eigenvalue weighted by molar-refractivity contribution is 0.632. The van der Waals surface area contributed by atoms with Gasteiger partial charge in [-0.25, -0.2) is 0 Å². The maximum Gasteiger partial charge on any atom is 0.0999 e. The summed E-state index contributed by atoms with van der Waals surface area (Å²) in [4.78, 5) is 6.66. The van der Waals surface area contributed by atoms with Crippen LogP contribution in [-0.2, 0) is 5.41 Å². The Morgan fingerprint density at radius 1 is 0.667 bits per heavy atom. The summed E-state index contributed by atoms with van der Waals surface area (Å²) < 4.78 is 0. The Hall–Kier alpha value is -4.68. The van der Waals surface area contributed by atoms with E-state index in [1.54, 1.807) is 18.5 Å². The van der Waals surface area contributed by atoms with Gasteiger partial charge in [-0.1, -0.05) is 86.6 Å². The molecule has 0 amide bonds. The lowest BCUT2D eigenvalue weighted by Gasteiger charge is -2.42. The third-order valence-electron chi connectivity index (χ3n) is 7.21. The molecule has 1 aliphatic heterocycles. The summed E-state index contributed by atoms with van der Waals surface area (Å²) in [6.45, 7) is 4.61. The number of hydrogen-bond donors (Lipinski definition) is 0. The summed E-state index contributed by atoms with van der Waals surface area (Å²) in [5.74, 6) is 0. The number of hydrogen-bond acceptors (Lipinski definition) is 3. The average Bonchev–Trinajstić information content (AvgIpc) is 2.94. The maximum absolute atomic E-state index is 9.62. The zero-order chi connectivity index (χ0) is 24.7. The number of nitriles is 1. The van der Waals surface area contributed by atoms with Gasteiger partial charge in [-0.05, 0) is 52.6 Å². The van der Waals surface area contributed by atoms with Crippen LogP contribution < -0.4 is 4.90 Å². The van der Waals surface area contributed by atoms with Crippen LogP contribution in [0.3, 0.4) is 0 Å². The normalized spacial score (nSPS) is 13.4. The lowest BCUT2D eigenvalue weighted by atomic mass is 9.73. The second kappa shape index (κ2) is 8.52. The molecule has 36 heavy (non-hydrogen) atoms. The molecule has 3 nitrogen and oxygen atoms in total. The number of fused-ring (bicyclic) bond motifs is 2. The summed E-state index contributed by atoms with van der Waals surface area (Å²) in [7, 11) is 0. The fourth-order valence-electron chi connectivity index (χ4n) is 5.42. The predicted molar refractivity (Wildman–Crippen MR) is 147 cm³/mol. The van der Waals surface area contributed by atoms with E-state index in [0.717, 1.165) is 27.9 Å². The Bertz CT molecular complexity index is 1590. The first-order valence-electron chi connectivity index (χ1n) is 12.1. The second-order valence-corrected chi connectivity index (χ2v) is 9.63. The highest BCUT2D eigenvalue weighted by molar-refractivity contribution is 5.93. The average molecular weight is 464 g/mol. The summed E-state index contributed by atoms with van der Waals surface area (Å²) in [5, 5.41) is 9.62. The van der Waals surface area contributed by atoms with Crippen LogP contribution in [0.25, 0.3) is 22.3 Å². The molecular weight excluding hydrogens is 438 g/mol. The van der Waals surface area contributed by atoms with E-state index in [4.69, 9.17) is 0 Å². The van der Waals surface area contributed by atoms with E-state index >= 15 is 0 Å². The number of rotatable bonds is 3. The first-order chi connectivity index (χ1) is 17.6. The molecule has 0 aliphatic carbocycles. The van der Waals surface area contributed by atoms with Crippen molar-refractivity contribution in [3.8, 4) is 28.3 Å². The summed E-state index contributed by atoms with van der Waals surface area (Å²) in [6, 6.07) is 38.4. The monoisotopic (exact) mass is 463 g/mol. The molecule has 0 saturated carbocycles. The highest BCUT2D eigenvalue weighted by Gasteiger charge is 2.36. The van der Waals surface area contributed by atoms with Crippen molar-refractivity contribution >= 4 is 17.1 Å². The molecule has 1 aliphatic rings. The van der Waals surface area contributed by atoms with E-state index in [9.17, 15) is 5.26 Å². The smallest absolute Gasteiger partial charge is 0.0999 e. The fourth-order valence-corrected chi connectivity index (χ4v) is 5.42. The molecular formula is C33H25N3. The quantitative estimate of drug-likeness (QED) is 0.270. The molecule has 3 heteroatoms. The number of nitrogens with zero attached hydrogens (tertiary/aromatic N) is 3. The molecule has 0 saturated heterocycles. The minimum Gasteiger partial charge on any atom is -0.309 e.